The van der Waals surface area contributed by atoms with Gasteiger partial charge < -0.3 is 14.2 Å². The highest BCUT2D eigenvalue weighted by Gasteiger charge is 2.21. The molecule has 4 nitrogen and oxygen atoms in total. The highest BCUT2D eigenvalue weighted by Crippen LogP contribution is 2.41. The summed E-state index contributed by atoms with van der Waals surface area (Å²) >= 11 is 1.62. The number of carbonyl (C=O) groups is 1. The molecule has 0 atom stereocenters. The molecule has 0 fully saturated rings. The van der Waals surface area contributed by atoms with Crippen LogP contribution in [0, 0.1) is 0 Å². The van der Waals surface area contributed by atoms with Crippen LogP contribution in [-0.2, 0) is 0 Å². The van der Waals surface area contributed by atoms with Crippen molar-refractivity contribution in [2.45, 2.75) is 39.9 Å². The van der Waals surface area contributed by atoms with Gasteiger partial charge in [0.2, 0.25) is 5.75 Å². The number of ether oxygens (including phenoxy) is 3. The molecule has 22 heavy (non-hydrogen) atoms. The van der Waals surface area contributed by atoms with Crippen molar-refractivity contribution in [3.05, 3.63) is 17.7 Å². The van der Waals surface area contributed by atoms with E-state index in [1.807, 2.05) is 20.8 Å². The Balaban J connectivity index is 3.20. The van der Waals surface area contributed by atoms with E-state index in [1.165, 1.54) is 0 Å². The average Bonchev–Trinajstić information content (AvgIpc) is 2.48. The second-order valence-corrected chi connectivity index (χ2v) is 6.42. The lowest BCUT2D eigenvalue weighted by Gasteiger charge is -2.18. The standard InChI is InChI=1S/C17H26O4S/c1-6-19-15-10-9-13(14(18)11-22-12(4)5)16(20-7-2)17(15)21-8-3/h9-10,12H,6-8,11H2,1-5H3. The number of rotatable bonds is 10. The fraction of sp³-hybridized carbons (Fsp3) is 0.588. The number of benzene rings is 1. The summed E-state index contributed by atoms with van der Waals surface area (Å²) in [5.41, 5.74) is 0.557. The van der Waals surface area contributed by atoms with Gasteiger partial charge in [0.25, 0.3) is 0 Å². The molecular formula is C17H26O4S. The molecule has 0 N–H and O–H groups in total. The largest absolute Gasteiger partial charge is 0.490 e. The minimum atomic E-state index is 0.0474. The van der Waals surface area contributed by atoms with E-state index in [2.05, 4.69) is 13.8 Å². The molecule has 1 aromatic carbocycles. The smallest absolute Gasteiger partial charge is 0.204 e. The zero-order valence-corrected chi connectivity index (χ0v) is 14.9. The van der Waals surface area contributed by atoms with Gasteiger partial charge in [0.15, 0.2) is 17.3 Å². The molecule has 0 radical (unpaired) electrons. The molecule has 1 rings (SSSR count). The summed E-state index contributed by atoms with van der Waals surface area (Å²) in [4.78, 5) is 12.5. The van der Waals surface area contributed by atoms with Gasteiger partial charge in [-0.25, -0.2) is 0 Å². The maximum absolute atomic E-state index is 12.5. The first-order valence-electron chi connectivity index (χ1n) is 7.75. The molecule has 0 spiro atoms. The minimum absolute atomic E-state index is 0.0474. The van der Waals surface area contributed by atoms with Gasteiger partial charge in [-0.05, 0) is 38.2 Å². The summed E-state index contributed by atoms with van der Waals surface area (Å²) < 4.78 is 17.0. The van der Waals surface area contributed by atoms with Crippen LogP contribution in [0.3, 0.4) is 0 Å². The molecule has 1 aromatic rings. The van der Waals surface area contributed by atoms with E-state index < -0.39 is 0 Å². The molecule has 0 saturated carbocycles. The van der Waals surface area contributed by atoms with Gasteiger partial charge >= 0.3 is 0 Å². The monoisotopic (exact) mass is 326 g/mol. The van der Waals surface area contributed by atoms with Crippen molar-refractivity contribution in [3.8, 4) is 17.2 Å². The Labute approximate surface area is 137 Å². The molecule has 0 saturated heterocycles. The third-order valence-corrected chi connectivity index (χ3v) is 3.90. The fourth-order valence-electron chi connectivity index (χ4n) is 1.92. The Morgan fingerprint density at radius 2 is 1.59 bits per heavy atom. The second-order valence-electron chi connectivity index (χ2n) is 4.85. The van der Waals surface area contributed by atoms with Crippen molar-refractivity contribution < 1.29 is 19.0 Å². The predicted molar refractivity (Wildman–Crippen MR) is 91.9 cm³/mol. The molecule has 0 unspecified atom stereocenters. The Bertz CT molecular complexity index is 486. The van der Waals surface area contributed by atoms with Gasteiger partial charge in [0.1, 0.15) is 0 Å². The normalized spacial score (nSPS) is 10.6. The minimum Gasteiger partial charge on any atom is -0.490 e. The van der Waals surface area contributed by atoms with E-state index in [4.69, 9.17) is 14.2 Å². The zero-order valence-electron chi connectivity index (χ0n) is 14.1. The van der Waals surface area contributed by atoms with Crippen LogP contribution >= 0.6 is 11.8 Å². The lowest BCUT2D eigenvalue weighted by molar-refractivity contribution is 0.101. The summed E-state index contributed by atoms with van der Waals surface area (Å²) in [7, 11) is 0. The van der Waals surface area contributed by atoms with E-state index in [1.54, 1.807) is 23.9 Å². The van der Waals surface area contributed by atoms with E-state index in [0.29, 0.717) is 53.6 Å². The third-order valence-electron chi connectivity index (χ3n) is 2.80. The topological polar surface area (TPSA) is 44.8 Å². The van der Waals surface area contributed by atoms with E-state index in [-0.39, 0.29) is 5.78 Å². The highest BCUT2D eigenvalue weighted by atomic mass is 32.2. The summed E-state index contributed by atoms with van der Waals surface area (Å²) in [5, 5.41) is 0.411. The molecule has 0 aliphatic heterocycles. The summed E-state index contributed by atoms with van der Waals surface area (Å²) in [6, 6.07) is 3.55. The zero-order chi connectivity index (χ0) is 16.5. The molecule has 5 heteroatoms. The maximum Gasteiger partial charge on any atom is 0.204 e. The number of thioether (sulfide) groups is 1. The Morgan fingerprint density at radius 1 is 1.00 bits per heavy atom. The number of carbonyl (C=O) groups excluding carboxylic acids is 1. The molecule has 0 aliphatic carbocycles. The Kier molecular flexibility index (Phi) is 8.17. The molecule has 124 valence electrons. The van der Waals surface area contributed by atoms with Crippen molar-refractivity contribution >= 4 is 17.5 Å². The van der Waals surface area contributed by atoms with Crippen molar-refractivity contribution in [1.29, 1.82) is 0 Å². The first kappa shape index (κ1) is 18.7. The molecule has 0 heterocycles. The van der Waals surface area contributed by atoms with Crippen molar-refractivity contribution in [1.82, 2.24) is 0 Å². The lowest BCUT2D eigenvalue weighted by Crippen LogP contribution is -2.10. The van der Waals surface area contributed by atoms with Crippen LogP contribution in [0.1, 0.15) is 45.0 Å². The number of hydrogen-bond acceptors (Lipinski definition) is 5. The van der Waals surface area contributed by atoms with Gasteiger partial charge in [0, 0.05) is 0 Å². The van der Waals surface area contributed by atoms with E-state index in [0.717, 1.165) is 0 Å². The fourth-order valence-corrected chi connectivity index (χ4v) is 2.56. The molecule has 0 bridgehead atoms. The molecule has 0 aliphatic rings. The number of hydrogen-bond donors (Lipinski definition) is 0. The first-order chi connectivity index (χ1) is 10.5. The predicted octanol–water partition coefficient (Wildman–Crippen LogP) is 4.21. The van der Waals surface area contributed by atoms with Crippen LogP contribution in [0.25, 0.3) is 0 Å². The van der Waals surface area contributed by atoms with Gasteiger partial charge in [0.05, 0.1) is 31.1 Å². The average molecular weight is 326 g/mol. The molecular weight excluding hydrogens is 300 g/mol. The van der Waals surface area contributed by atoms with Crippen LogP contribution in [-0.4, -0.2) is 36.6 Å². The molecule has 0 aromatic heterocycles. The third kappa shape index (κ3) is 5.13. The summed E-state index contributed by atoms with van der Waals surface area (Å²) in [5.74, 6) is 2.10. The van der Waals surface area contributed by atoms with Crippen LogP contribution in [0.2, 0.25) is 0 Å². The summed E-state index contributed by atoms with van der Waals surface area (Å²) in [6.45, 7) is 11.3. The second kappa shape index (κ2) is 9.62. The van der Waals surface area contributed by atoms with Crippen LogP contribution < -0.4 is 14.2 Å². The highest BCUT2D eigenvalue weighted by molar-refractivity contribution is 8.00. The Hall–Kier alpha value is -1.36. The SMILES string of the molecule is CCOc1ccc(C(=O)CSC(C)C)c(OCC)c1OCC. The Morgan fingerprint density at radius 3 is 2.14 bits per heavy atom. The van der Waals surface area contributed by atoms with Crippen LogP contribution in [0.5, 0.6) is 17.2 Å². The maximum atomic E-state index is 12.5. The van der Waals surface area contributed by atoms with Crippen molar-refractivity contribution in [3.63, 3.8) is 0 Å². The van der Waals surface area contributed by atoms with Gasteiger partial charge in [-0.1, -0.05) is 13.8 Å². The summed E-state index contributed by atoms with van der Waals surface area (Å²) in [6.07, 6.45) is 0. The van der Waals surface area contributed by atoms with Crippen molar-refractivity contribution in [2.75, 3.05) is 25.6 Å². The van der Waals surface area contributed by atoms with Crippen molar-refractivity contribution in [2.24, 2.45) is 0 Å². The molecule has 0 amide bonds. The van der Waals surface area contributed by atoms with Crippen LogP contribution in [0.15, 0.2) is 12.1 Å². The van der Waals surface area contributed by atoms with Gasteiger partial charge in [-0.2, -0.15) is 11.8 Å². The van der Waals surface area contributed by atoms with Gasteiger partial charge in [-0.3, -0.25) is 4.79 Å². The first-order valence-corrected chi connectivity index (χ1v) is 8.80. The van der Waals surface area contributed by atoms with E-state index >= 15 is 0 Å². The van der Waals surface area contributed by atoms with Crippen LogP contribution in [0.4, 0.5) is 0 Å². The number of Topliss-reactive ketones (excluding diaryl/α,β-unsaturated/α-hetero) is 1. The lowest BCUT2D eigenvalue weighted by atomic mass is 10.1. The number of ketones is 1. The van der Waals surface area contributed by atoms with Gasteiger partial charge in [-0.15, -0.1) is 0 Å². The quantitative estimate of drug-likeness (QED) is 0.603. The van der Waals surface area contributed by atoms with E-state index in [9.17, 15) is 4.79 Å².